The number of benzene rings is 1. The van der Waals surface area contributed by atoms with Gasteiger partial charge < -0.3 is 9.88 Å². The van der Waals surface area contributed by atoms with E-state index in [0.29, 0.717) is 29.8 Å². The number of ketones is 1. The van der Waals surface area contributed by atoms with E-state index in [0.717, 1.165) is 15.7 Å². The molecule has 0 fully saturated rings. The topological polar surface area (TPSA) is 53.2 Å². The van der Waals surface area contributed by atoms with E-state index < -0.39 is 0 Å². The number of nitrogens with zero attached hydrogens (tertiary/aromatic N) is 1. The Morgan fingerprint density at radius 1 is 1.30 bits per heavy atom. The van der Waals surface area contributed by atoms with Crippen LogP contribution >= 0.6 is 15.9 Å². The first-order valence-corrected chi connectivity index (χ1v) is 8.47. The highest BCUT2D eigenvalue weighted by Gasteiger charge is 2.24. The quantitative estimate of drug-likeness (QED) is 0.809. The molecule has 0 saturated carbocycles. The predicted molar refractivity (Wildman–Crippen MR) is 97.7 cm³/mol. The predicted octanol–water partition coefficient (Wildman–Crippen LogP) is 3.70. The smallest absolute Gasteiger partial charge is 0.272 e. The Kier molecular flexibility index (Phi) is 5.42. The Balaban J connectivity index is 2.77. The normalized spacial score (nSPS) is 10.7. The molecule has 0 bridgehead atoms. The van der Waals surface area contributed by atoms with Crippen LogP contribution in [0.1, 0.15) is 41.0 Å². The molecule has 0 atom stereocenters. The van der Waals surface area contributed by atoms with Crippen LogP contribution < -0.4 is 10.5 Å². The van der Waals surface area contributed by atoms with Gasteiger partial charge in [0.1, 0.15) is 5.69 Å². The van der Waals surface area contributed by atoms with E-state index in [-0.39, 0.29) is 11.3 Å². The van der Waals surface area contributed by atoms with Gasteiger partial charge in [-0.05, 0) is 38.0 Å². The molecular weight excluding hydrogens is 356 g/mol. The van der Waals surface area contributed by atoms with Gasteiger partial charge in [0.25, 0.3) is 5.56 Å². The molecule has 0 amide bonds. The zero-order chi connectivity index (χ0) is 17.1. The number of carbonyl (C=O) groups excluding carboxylic acids is 1. The molecule has 4 nitrogen and oxygen atoms in total. The number of aromatic amines is 1. The van der Waals surface area contributed by atoms with Crippen molar-refractivity contribution in [2.45, 2.75) is 27.2 Å². The molecule has 2 aromatic rings. The number of hydrogen-bond acceptors (Lipinski definition) is 3. The van der Waals surface area contributed by atoms with Crippen molar-refractivity contribution in [2.24, 2.45) is 0 Å². The minimum atomic E-state index is -0.220. The Labute approximate surface area is 144 Å². The first kappa shape index (κ1) is 17.5. The van der Waals surface area contributed by atoms with Gasteiger partial charge in [-0.3, -0.25) is 9.59 Å². The van der Waals surface area contributed by atoms with Gasteiger partial charge in [-0.25, -0.2) is 0 Å². The van der Waals surface area contributed by atoms with Crippen molar-refractivity contribution < 1.29 is 4.79 Å². The fraction of sp³-hybridized carbons (Fsp3) is 0.333. The number of halogens is 1. The summed E-state index contributed by atoms with van der Waals surface area (Å²) in [4.78, 5) is 30.3. The van der Waals surface area contributed by atoms with Gasteiger partial charge in [-0.15, -0.1) is 0 Å². The first-order valence-electron chi connectivity index (χ1n) is 7.67. The highest BCUT2D eigenvalue weighted by Crippen LogP contribution is 2.26. The van der Waals surface area contributed by atoms with Gasteiger partial charge in [-0.1, -0.05) is 35.0 Å². The number of nitrogens with one attached hydrogen (secondary N) is 1. The van der Waals surface area contributed by atoms with E-state index in [2.05, 4.69) is 20.9 Å². The molecule has 0 spiro atoms. The maximum Gasteiger partial charge on any atom is 0.272 e. The summed E-state index contributed by atoms with van der Waals surface area (Å²) >= 11 is 3.40. The first-order chi connectivity index (χ1) is 10.9. The van der Waals surface area contributed by atoms with Crippen LogP contribution in [0.15, 0.2) is 33.5 Å². The van der Waals surface area contributed by atoms with Crippen molar-refractivity contribution in [3.05, 3.63) is 61.5 Å². The largest absolute Gasteiger partial charge is 0.370 e. The molecule has 1 aromatic carbocycles. The molecule has 2 rings (SSSR count). The summed E-state index contributed by atoms with van der Waals surface area (Å²) < 4.78 is 0.841. The average molecular weight is 377 g/mol. The summed E-state index contributed by atoms with van der Waals surface area (Å²) in [6, 6.07) is 7.26. The number of anilines is 1. The molecular formula is C18H21BrN2O2. The molecule has 1 aromatic heterocycles. The average Bonchev–Trinajstić information content (AvgIpc) is 2.52. The Morgan fingerprint density at radius 2 is 2.00 bits per heavy atom. The lowest BCUT2D eigenvalue weighted by Crippen LogP contribution is -2.30. The maximum absolute atomic E-state index is 13.1. The summed E-state index contributed by atoms with van der Waals surface area (Å²) in [5.41, 5.74) is 2.96. The van der Waals surface area contributed by atoms with Crippen molar-refractivity contribution >= 4 is 27.4 Å². The third-order valence-corrected chi connectivity index (χ3v) is 4.52. The van der Waals surface area contributed by atoms with Gasteiger partial charge in [0.05, 0.1) is 5.56 Å². The van der Waals surface area contributed by atoms with Gasteiger partial charge >= 0.3 is 0 Å². The van der Waals surface area contributed by atoms with Gasteiger partial charge in [0, 0.05) is 29.3 Å². The number of hydrogen-bond donors (Lipinski definition) is 1. The zero-order valence-corrected chi connectivity index (χ0v) is 15.5. The van der Waals surface area contributed by atoms with Crippen LogP contribution in [0.25, 0.3) is 0 Å². The highest BCUT2D eigenvalue weighted by molar-refractivity contribution is 9.10. The van der Waals surface area contributed by atoms with Crippen LogP contribution in [-0.4, -0.2) is 24.4 Å². The molecule has 1 N–H and O–H groups in total. The number of rotatable bonds is 5. The van der Waals surface area contributed by atoms with E-state index in [1.54, 1.807) is 12.1 Å². The Morgan fingerprint density at radius 3 is 2.57 bits per heavy atom. The molecule has 23 heavy (non-hydrogen) atoms. The summed E-state index contributed by atoms with van der Waals surface area (Å²) in [6.45, 7) is 6.44. The van der Waals surface area contributed by atoms with Crippen LogP contribution in [0.2, 0.25) is 0 Å². The standard InChI is InChI=1S/C18H21BrN2O2/c1-5-14-11(3)20-18(23)16(21(4)6-2)15(14)17(22)12-8-7-9-13(19)10-12/h7-10H,5-6H2,1-4H3,(H,20,23). The lowest BCUT2D eigenvalue weighted by molar-refractivity contribution is 0.103. The number of aromatic nitrogens is 1. The van der Waals surface area contributed by atoms with Crippen molar-refractivity contribution in [3.8, 4) is 0 Å². The summed E-state index contributed by atoms with van der Waals surface area (Å²) in [7, 11) is 1.83. The third-order valence-electron chi connectivity index (χ3n) is 4.03. The fourth-order valence-electron chi connectivity index (χ4n) is 2.73. The van der Waals surface area contributed by atoms with Gasteiger partial charge in [0.15, 0.2) is 5.78 Å². The number of aryl methyl sites for hydroxylation is 1. The minimum Gasteiger partial charge on any atom is -0.370 e. The lowest BCUT2D eigenvalue weighted by Gasteiger charge is -2.22. The SMILES string of the molecule is CCc1c(C)[nH]c(=O)c(N(C)CC)c1C(=O)c1cccc(Br)c1. The zero-order valence-electron chi connectivity index (χ0n) is 13.9. The summed E-state index contributed by atoms with van der Waals surface area (Å²) in [5, 5.41) is 0. The molecule has 0 aliphatic carbocycles. The maximum atomic E-state index is 13.1. The van der Waals surface area contributed by atoms with E-state index in [4.69, 9.17) is 0 Å². The second-order valence-electron chi connectivity index (χ2n) is 5.49. The van der Waals surface area contributed by atoms with E-state index in [9.17, 15) is 9.59 Å². The molecule has 0 aliphatic rings. The van der Waals surface area contributed by atoms with Crippen LogP contribution in [0, 0.1) is 6.92 Å². The Bertz CT molecular complexity index is 796. The third kappa shape index (κ3) is 3.39. The summed E-state index contributed by atoms with van der Waals surface area (Å²) in [5.74, 6) is -0.118. The number of H-pyrrole nitrogens is 1. The van der Waals surface area contributed by atoms with Crippen molar-refractivity contribution in [1.82, 2.24) is 4.98 Å². The fourth-order valence-corrected chi connectivity index (χ4v) is 3.13. The highest BCUT2D eigenvalue weighted by atomic mass is 79.9. The van der Waals surface area contributed by atoms with Gasteiger partial charge in [0.2, 0.25) is 0 Å². The van der Waals surface area contributed by atoms with Gasteiger partial charge in [-0.2, -0.15) is 0 Å². The molecule has 5 heteroatoms. The molecule has 1 heterocycles. The second-order valence-corrected chi connectivity index (χ2v) is 6.40. The lowest BCUT2D eigenvalue weighted by atomic mass is 9.94. The molecule has 0 saturated heterocycles. The van der Waals surface area contributed by atoms with E-state index in [1.807, 2.05) is 44.9 Å². The molecule has 0 aliphatic heterocycles. The second kappa shape index (κ2) is 7.13. The van der Waals surface area contributed by atoms with Crippen LogP contribution in [0.3, 0.4) is 0 Å². The van der Waals surface area contributed by atoms with Crippen LogP contribution in [-0.2, 0) is 6.42 Å². The molecule has 0 radical (unpaired) electrons. The summed E-state index contributed by atoms with van der Waals surface area (Å²) in [6.07, 6.45) is 0.683. The number of pyridine rings is 1. The van der Waals surface area contributed by atoms with E-state index >= 15 is 0 Å². The van der Waals surface area contributed by atoms with E-state index in [1.165, 1.54) is 0 Å². The van der Waals surface area contributed by atoms with Crippen molar-refractivity contribution in [2.75, 3.05) is 18.5 Å². The van der Waals surface area contributed by atoms with Crippen LogP contribution in [0.4, 0.5) is 5.69 Å². The Hall–Kier alpha value is -1.88. The van der Waals surface area contributed by atoms with Crippen molar-refractivity contribution in [1.29, 1.82) is 0 Å². The monoisotopic (exact) mass is 376 g/mol. The number of carbonyl (C=O) groups is 1. The molecule has 0 unspecified atom stereocenters. The van der Waals surface area contributed by atoms with Crippen LogP contribution in [0.5, 0.6) is 0 Å². The minimum absolute atomic E-state index is 0.118. The van der Waals surface area contributed by atoms with Crippen molar-refractivity contribution in [3.63, 3.8) is 0 Å². The molecule has 122 valence electrons.